The summed E-state index contributed by atoms with van der Waals surface area (Å²) in [5, 5.41) is 3.76. The van der Waals surface area contributed by atoms with Gasteiger partial charge in [-0.05, 0) is 24.3 Å². The van der Waals surface area contributed by atoms with Crippen molar-refractivity contribution in [1.82, 2.24) is 9.55 Å². The standard InChI is InChI=1S/C18H20BrN3O3S2/c1-11-9-14-16(27-11)17(24)22(7-8-25-2)18(21-14)26-10-15(23)20-13-5-3-12(19)4-6-13/h3-6,11H,7-10H2,1-2H3,(H,20,23)/t11-/m1/s1. The number of hydrogen-bond acceptors (Lipinski definition) is 6. The van der Waals surface area contributed by atoms with Crippen LogP contribution in [0.2, 0.25) is 0 Å². The van der Waals surface area contributed by atoms with Crippen LogP contribution in [-0.4, -0.2) is 40.2 Å². The molecule has 1 aliphatic heterocycles. The van der Waals surface area contributed by atoms with E-state index in [1.807, 2.05) is 24.3 Å². The summed E-state index contributed by atoms with van der Waals surface area (Å²) in [5.74, 6) is 0.0369. The minimum Gasteiger partial charge on any atom is -0.383 e. The van der Waals surface area contributed by atoms with E-state index < -0.39 is 0 Å². The number of carbonyl (C=O) groups excluding carboxylic acids is 1. The van der Waals surface area contributed by atoms with Gasteiger partial charge in [-0.1, -0.05) is 34.6 Å². The van der Waals surface area contributed by atoms with Crippen molar-refractivity contribution in [3.8, 4) is 0 Å². The third kappa shape index (κ3) is 5.16. The lowest BCUT2D eigenvalue weighted by Crippen LogP contribution is -2.27. The van der Waals surface area contributed by atoms with Crippen LogP contribution in [0.5, 0.6) is 0 Å². The number of fused-ring (bicyclic) bond motifs is 1. The molecule has 9 heteroatoms. The van der Waals surface area contributed by atoms with Gasteiger partial charge < -0.3 is 10.1 Å². The van der Waals surface area contributed by atoms with Gasteiger partial charge in [-0.2, -0.15) is 0 Å². The summed E-state index contributed by atoms with van der Waals surface area (Å²) in [5.41, 5.74) is 1.52. The molecular formula is C18H20BrN3O3S2. The number of hydrogen-bond donors (Lipinski definition) is 1. The van der Waals surface area contributed by atoms with Crippen molar-refractivity contribution in [2.75, 3.05) is 24.8 Å². The van der Waals surface area contributed by atoms with Crippen LogP contribution in [0.4, 0.5) is 5.69 Å². The first-order valence-corrected chi connectivity index (χ1v) is 11.1. The molecule has 1 aromatic carbocycles. The van der Waals surface area contributed by atoms with Crippen molar-refractivity contribution in [2.24, 2.45) is 0 Å². The molecule has 27 heavy (non-hydrogen) atoms. The Labute approximate surface area is 174 Å². The van der Waals surface area contributed by atoms with E-state index in [1.165, 1.54) is 11.8 Å². The predicted molar refractivity (Wildman–Crippen MR) is 113 cm³/mol. The fraction of sp³-hybridized carbons (Fsp3) is 0.389. The van der Waals surface area contributed by atoms with Crippen molar-refractivity contribution in [2.45, 2.75) is 35.2 Å². The maximum atomic E-state index is 12.8. The van der Waals surface area contributed by atoms with Gasteiger partial charge >= 0.3 is 0 Å². The monoisotopic (exact) mass is 469 g/mol. The van der Waals surface area contributed by atoms with E-state index in [1.54, 1.807) is 23.4 Å². The largest absolute Gasteiger partial charge is 0.383 e. The number of benzene rings is 1. The Morgan fingerprint density at radius 3 is 2.89 bits per heavy atom. The summed E-state index contributed by atoms with van der Waals surface area (Å²) in [6.45, 7) is 2.92. The lowest BCUT2D eigenvalue weighted by molar-refractivity contribution is -0.113. The zero-order valence-corrected chi connectivity index (χ0v) is 18.2. The quantitative estimate of drug-likeness (QED) is 0.494. The average molecular weight is 470 g/mol. The van der Waals surface area contributed by atoms with Crippen LogP contribution in [0.15, 0.2) is 43.6 Å². The van der Waals surface area contributed by atoms with Gasteiger partial charge in [0, 0.05) is 28.9 Å². The second kappa shape index (κ2) is 9.27. The number of nitrogens with zero attached hydrogens (tertiary/aromatic N) is 2. The normalized spacial score (nSPS) is 15.6. The first kappa shape index (κ1) is 20.4. The molecule has 0 aliphatic carbocycles. The minimum absolute atomic E-state index is 0.0396. The first-order valence-electron chi connectivity index (χ1n) is 8.45. The summed E-state index contributed by atoms with van der Waals surface area (Å²) in [7, 11) is 1.60. The molecule has 0 fully saturated rings. The molecule has 0 bridgehead atoms. The third-order valence-corrected chi connectivity index (χ3v) is 6.66. The number of anilines is 1. The molecule has 2 heterocycles. The van der Waals surface area contributed by atoms with Crippen molar-refractivity contribution in [3.05, 3.63) is 44.8 Å². The van der Waals surface area contributed by atoms with Crippen LogP contribution in [0, 0.1) is 0 Å². The molecule has 0 unspecified atom stereocenters. The van der Waals surface area contributed by atoms with Gasteiger partial charge in [0.2, 0.25) is 5.91 Å². The van der Waals surface area contributed by atoms with Gasteiger partial charge in [0.05, 0.1) is 29.5 Å². The highest BCUT2D eigenvalue weighted by atomic mass is 79.9. The molecule has 0 radical (unpaired) electrons. The van der Waals surface area contributed by atoms with Crippen LogP contribution < -0.4 is 10.9 Å². The smallest absolute Gasteiger partial charge is 0.268 e. The lowest BCUT2D eigenvalue weighted by Gasteiger charge is -2.13. The van der Waals surface area contributed by atoms with Crippen molar-refractivity contribution in [1.29, 1.82) is 0 Å². The Bertz CT molecular complexity index is 887. The number of rotatable bonds is 7. The number of amides is 1. The van der Waals surface area contributed by atoms with Crippen LogP contribution in [0.25, 0.3) is 0 Å². The second-order valence-corrected chi connectivity index (χ2v) is 9.40. The van der Waals surface area contributed by atoms with E-state index in [4.69, 9.17) is 4.74 Å². The van der Waals surface area contributed by atoms with Gasteiger partial charge in [-0.25, -0.2) is 4.98 Å². The molecule has 1 N–H and O–H groups in total. The molecule has 144 valence electrons. The Kier molecular flexibility index (Phi) is 7.02. The number of carbonyl (C=O) groups is 1. The molecule has 1 atom stereocenters. The second-order valence-electron chi connectivity index (χ2n) is 6.10. The number of ether oxygens (including phenoxy) is 1. The summed E-state index contributed by atoms with van der Waals surface area (Å²) in [6, 6.07) is 7.39. The number of methoxy groups -OCH3 is 1. The van der Waals surface area contributed by atoms with Crippen LogP contribution >= 0.6 is 39.5 Å². The first-order chi connectivity index (χ1) is 13.0. The minimum atomic E-state index is -0.141. The summed E-state index contributed by atoms with van der Waals surface area (Å²) >= 11 is 6.21. The summed E-state index contributed by atoms with van der Waals surface area (Å²) in [4.78, 5) is 30.5. The molecule has 0 saturated heterocycles. The fourth-order valence-electron chi connectivity index (χ4n) is 2.68. The maximum absolute atomic E-state index is 12.8. The summed E-state index contributed by atoms with van der Waals surface area (Å²) in [6.07, 6.45) is 0.777. The van der Waals surface area contributed by atoms with Crippen LogP contribution in [-0.2, 0) is 22.5 Å². The number of nitrogens with one attached hydrogen (secondary N) is 1. The van der Waals surface area contributed by atoms with E-state index in [0.29, 0.717) is 23.6 Å². The van der Waals surface area contributed by atoms with Crippen molar-refractivity contribution in [3.63, 3.8) is 0 Å². The van der Waals surface area contributed by atoms with Crippen LogP contribution in [0.1, 0.15) is 12.6 Å². The third-order valence-electron chi connectivity index (χ3n) is 3.94. The molecule has 1 aliphatic rings. The SMILES string of the molecule is COCCn1c(SCC(=O)Nc2ccc(Br)cc2)nc2c(c1=O)S[C@H](C)C2. The van der Waals surface area contributed by atoms with E-state index in [0.717, 1.165) is 27.2 Å². The molecule has 2 aromatic rings. The van der Waals surface area contributed by atoms with Gasteiger partial charge in [-0.15, -0.1) is 11.8 Å². The highest BCUT2D eigenvalue weighted by molar-refractivity contribution is 9.10. The zero-order valence-electron chi connectivity index (χ0n) is 15.0. The van der Waals surface area contributed by atoms with Gasteiger partial charge in [0.1, 0.15) is 0 Å². The maximum Gasteiger partial charge on any atom is 0.268 e. The van der Waals surface area contributed by atoms with Crippen molar-refractivity contribution < 1.29 is 9.53 Å². The molecule has 0 saturated carbocycles. The molecule has 0 spiro atoms. The predicted octanol–water partition coefficient (Wildman–Crippen LogP) is 3.42. The lowest BCUT2D eigenvalue weighted by atomic mass is 10.2. The molecule has 1 amide bonds. The molecule has 3 rings (SSSR count). The van der Waals surface area contributed by atoms with E-state index >= 15 is 0 Å². The Morgan fingerprint density at radius 1 is 1.44 bits per heavy atom. The molecular weight excluding hydrogens is 450 g/mol. The molecule has 1 aromatic heterocycles. The summed E-state index contributed by atoms with van der Waals surface area (Å²) < 4.78 is 7.69. The van der Waals surface area contributed by atoms with Crippen molar-refractivity contribution >= 4 is 51.0 Å². The number of aromatic nitrogens is 2. The number of halogens is 1. The Balaban J connectivity index is 1.74. The van der Waals surface area contributed by atoms with Gasteiger partial charge in [0.15, 0.2) is 5.16 Å². The highest BCUT2D eigenvalue weighted by Gasteiger charge is 2.26. The average Bonchev–Trinajstić information content (AvgIpc) is 3.02. The van der Waals surface area contributed by atoms with E-state index in [-0.39, 0.29) is 17.2 Å². The Hall–Kier alpha value is -1.29. The van der Waals surface area contributed by atoms with Gasteiger partial charge in [-0.3, -0.25) is 14.2 Å². The van der Waals surface area contributed by atoms with Gasteiger partial charge in [0.25, 0.3) is 5.56 Å². The topological polar surface area (TPSA) is 73.2 Å². The molecule has 6 nitrogen and oxygen atoms in total. The number of thioether (sulfide) groups is 2. The highest BCUT2D eigenvalue weighted by Crippen LogP contribution is 2.34. The van der Waals surface area contributed by atoms with E-state index in [2.05, 4.69) is 33.2 Å². The van der Waals surface area contributed by atoms with E-state index in [9.17, 15) is 9.59 Å². The fourth-order valence-corrected chi connectivity index (χ4v) is 4.90. The Morgan fingerprint density at radius 2 is 2.19 bits per heavy atom. The zero-order chi connectivity index (χ0) is 19.4. The van der Waals surface area contributed by atoms with Crippen LogP contribution in [0.3, 0.4) is 0 Å².